The fourth-order valence-corrected chi connectivity index (χ4v) is 10.4. The van der Waals surface area contributed by atoms with Gasteiger partial charge < -0.3 is 19.6 Å². The van der Waals surface area contributed by atoms with E-state index in [1.807, 2.05) is 0 Å². The maximum Gasteiger partial charge on any atom is 0.0464 e. The summed E-state index contributed by atoms with van der Waals surface area (Å²) < 4.78 is 0. The van der Waals surface area contributed by atoms with Crippen molar-refractivity contribution < 1.29 is 0 Å². The molecule has 0 spiro atoms. The summed E-state index contributed by atoms with van der Waals surface area (Å²) in [6, 6.07) is 113. The molecule has 0 amide bonds. The predicted octanol–water partition coefficient (Wildman–Crippen LogP) is 21.2. The van der Waals surface area contributed by atoms with Gasteiger partial charge in [-0.05, 0) is 198 Å². The van der Waals surface area contributed by atoms with E-state index < -0.39 is 0 Å². The molecule has 0 aromatic heterocycles. The smallest absolute Gasteiger partial charge is 0.0464 e. The lowest BCUT2D eigenvalue weighted by molar-refractivity contribution is 1.27. The Hall–Kier alpha value is -10.2. The van der Waals surface area contributed by atoms with Gasteiger partial charge in [-0.15, -0.1) is 0 Å². The van der Waals surface area contributed by atoms with Crippen molar-refractivity contribution in [3.05, 3.63) is 327 Å². The fourth-order valence-electron chi connectivity index (χ4n) is 10.4. The minimum Gasteiger partial charge on any atom is -0.311 e. The summed E-state index contributed by atoms with van der Waals surface area (Å²) in [5, 5.41) is 0. The molecule has 0 aliphatic rings. The third-order valence-corrected chi connectivity index (χ3v) is 14.4. The quantitative estimate of drug-likeness (QED) is 0.101. The Labute approximate surface area is 459 Å². The highest BCUT2D eigenvalue weighted by Gasteiger charge is 2.18. The molecule has 12 aromatic carbocycles. The van der Waals surface area contributed by atoms with Gasteiger partial charge in [-0.25, -0.2) is 0 Å². The Morgan fingerprint density at radius 2 is 0.346 bits per heavy atom. The molecule has 0 unspecified atom stereocenters. The molecular weight excluding hydrogens is 945 g/mol. The predicted molar refractivity (Wildman–Crippen MR) is 331 cm³/mol. The molecule has 12 rings (SSSR count). The first-order valence-corrected chi connectivity index (χ1v) is 26.6. The number of nitrogens with zero attached hydrogens (tertiary/aromatic N) is 4. The third-order valence-electron chi connectivity index (χ3n) is 14.4. The Kier molecular flexibility index (Phi) is 14.0. The van der Waals surface area contributed by atoms with Crippen molar-refractivity contribution in [1.29, 1.82) is 0 Å². The molecule has 374 valence electrons. The summed E-state index contributed by atoms with van der Waals surface area (Å²) >= 11 is 0. The summed E-state index contributed by atoms with van der Waals surface area (Å²) in [6.45, 7) is 4.27. The van der Waals surface area contributed by atoms with E-state index in [4.69, 9.17) is 0 Å². The largest absolute Gasteiger partial charge is 0.311 e. The Bertz CT molecular complexity index is 3850. The number of hydrogen-bond acceptors (Lipinski definition) is 4. The number of benzene rings is 12. The van der Waals surface area contributed by atoms with Gasteiger partial charge in [0.2, 0.25) is 0 Å². The van der Waals surface area contributed by atoms with Gasteiger partial charge in [-0.2, -0.15) is 0 Å². The summed E-state index contributed by atoms with van der Waals surface area (Å²) in [6.07, 6.45) is 0. The zero-order valence-electron chi connectivity index (χ0n) is 43.8. The molecule has 0 fully saturated rings. The van der Waals surface area contributed by atoms with Crippen LogP contribution >= 0.6 is 0 Å². The lowest BCUT2D eigenvalue weighted by Crippen LogP contribution is -2.10. The van der Waals surface area contributed by atoms with E-state index in [-0.39, 0.29) is 0 Å². The van der Waals surface area contributed by atoms with E-state index in [9.17, 15) is 0 Å². The van der Waals surface area contributed by atoms with Crippen molar-refractivity contribution in [2.75, 3.05) is 19.6 Å². The van der Waals surface area contributed by atoms with Gasteiger partial charge in [0, 0.05) is 68.2 Å². The maximum atomic E-state index is 2.32. The second-order valence-electron chi connectivity index (χ2n) is 19.6. The van der Waals surface area contributed by atoms with E-state index in [0.29, 0.717) is 0 Å². The SMILES string of the molecule is Cc1ccc(N(c2ccccc2)c2ccc(-c3ccc(N(c4ccccc4)c4ccc(-c5ccc(N(c6ccccc6)c6ccc(-c7ccc(N(c8ccccc8)c8cccc(C)c8)cc7)cc6)cc5)cc4)cc3)cc2)cc1. The van der Waals surface area contributed by atoms with Crippen LogP contribution in [0.5, 0.6) is 0 Å². The second-order valence-corrected chi connectivity index (χ2v) is 19.6. The molecule has 0 atom stereocenters. The van der Waals surface area contributed by atoms with Gasteiger partial charge in [0.15, 0.2) is 0 Å². The van der Waals surface area contributed by atoms with Gasteiger partial charge in [0.05, 0.1) is 0 Å². The van der Waals surface area contributed by atoms with Gasteiger partial charge in [-0.3, -0.25) is 0 Å². The first-order valence-electron chi connectivity index (χ1n) is 26.6. The fraction of sp³-hybridized carbons (Fsp3) is 0.0270. The molecule has 0 aliphatic heterocycles. The highest BCUT2D eigenvalue weighted by atomic mass is 15.2. The van der Waals surface area contributed by atoms with E-state index in [2.05, 4.69) is 349 Å². The van der Waals surface area contributed by atoms with Crippen molar-refractivity contribution >= 4 is 68.2 Å². The monoisotopic (exact) mass is 1000 g/mol. The van der Waals surface area contributed by atoms with Gasteiger partial charge in [0.1, 0.15) is 0 Å². The minimum absolute atomic E-state index is 1.09. The normalized spacial score (nSPS) is 10.9. The number of aryl methyl sites for hydroxylation is 2. The minimum atomic E-state index is 1.09. The number of para-hydroxylation sites is 4. The highest BCUT2D eigenvalue weighted by molar-refractivity contribution is 5.84. The lowest BCUT2D eigenvalue weighted by atomic mass is 10.0. The van der Waals surface area contributed by atoms with Crippen LogP contribution < -0.4 is 19.6 Å². The molecule has 0 radical (unpaired) electrons. The molecule has 0 bridgehead atoms. The molecule has 0 saturated heterocycles. The Balaban J connectivity index is 0.772. The van der Waals surface area contributed by atoms with Crippen molar-refractivity contribution in [3.8, 4) is 33.4 Å². The molecule has 4 nitrogen and oxygen atoms in total. The molecule has 0 heterocycles. The van der Waals surface area contributed by atoms with Gasteiger partial charge in [-0.1, -0.05) is 175 Å². The molecule has 12 aromatic rings. The zero-order chi connectivity index (χ0) is 52.6. The molecule has 4 heteroatoms. The topological polar surface area (TPSA) is 13.0 Å². The first kappa shape index (κ1) is 48.8. The van der Waals surface area contributed by atoms with Crippen LogP contribution in [0.3, 0.4) is 0 Å². The molecule has 78 heavy (non-hydrogen) atoms. The second kappa shape index (κ2) is 22.4. The summed E-state index contributed by atoms with van der Waals surface area (Å²) in [5.74, 6) is 0. The van der Waals surface area contributed by atoms with Crippen LogP contribution in [0.25, 0.3) is 33.4 Å². The van der Waals surface area contributed by atoms with E-state index in [1.54, 1.807) is 0 Å². The Morgan fingerprint density at radius 3 is 0.577 bits per heavy atom. The van der Waals surface area contributed by atoms with Crippen LogP contribution in [-0.2, 0) is 0 Å². The van der Waals surface area contributed by atoms with Crippen molar-refractivity contribution in [3.63, 3.8) is 0 Å². The maximum absolute atomic E-state index is 2.32. The molecule has 0 saturated carbocycles. The van der Waals surface area contributed by atoms with E-state index >= 15 is 0 Å². The Morgan fingerprint density at radius 1 is 0.154 bits per heavy atom. The average molecular weight is 1000 g/mol. The van der Waals surface area contributed by atoms with Crippen LogP contribution in [0.15, 0.2) is 315 Å². The summed E-state index contributed by atoms with van der Waals surface area (Å²) in [7, 11) is 0. The summed E-state index contributed by atoms with van der Waals surface area (Å²) in [4.78, 5) is 9.26. The van der Waals surface area contributed by atoms with Crippen LogP contribution in [0.4, 0.5) is 68.2 Å². The molecule has 0 N–H and O–H groups in total. The highest BCUT2D eigenvalue weighted by Crippen LogP contribution is 2.42. The zero-order valence-corrected chi connectivity index (χ0v) is 43.8. The standard InChI is InChI=1S/C74H58N4/c1-55-26-40-67(41-27-55)75(63-17-7-3-8-18-63)68-42-28-57(29-43-68)58-30-44-69(45-31-58)76(64-19-9-4-10-20-64)70-46-32-59(33-47-70)60-34-48-71(49-35-60)77(65-21-11-5-12-22-65)72-50-36-61(37-51-72)62-38-52-73(53-39-62)78(66-23-13-6-14-24-66)74-25-15-16-56(2)54-74/h3-54H,1-2H3. The van der Waals surface area contributed by atoms with Gasteiger partial charge in [0.25, 0.3) is 0 Å². The number of anilines is 12. The molecule has 0 aliphatic carbocycles. The van der Waals surface area contributed by atoms with Crippen molar-refractivity contribution in [1.82, 2.24) is 0 Å². The number of hydrogen-bond donors (Lipinski definition) is 0. The van der Waals surface area contributed by atoms with Crippen LogP contribution in [0, 0.1) is 13.8 Å². The third kappa shape index (κ3) is 10.6. The van der Waals surface area contributed by atoms with Crippen LogP contribution in [-0.4, -0.2) is 0 Å². The molecular formula is C74H58N4. The average Bonchev–Trinajstić information content (AvgIpc) is 3.52. The van der Waals surface area contributed by atoms with E-state index in [0.717, 1.165) is 102 Å². The lowest BCUT2D eigenvalue weighted by Gasteiger charge is -2.27. The summed E-state index contributed by atoms with van der Waals surface area (Å²) in [5.41, 5.74) is 22.7. The number of rotatable bonds is 15. The first-order chi connectivity index (χ1) is 38.5. The van der Waals surface area contributed by atoms with Crippen LogP contribution in [0.2, 0.25) is 0 Å². The van der Waals surface area contributed by atoms with Gasteiger partial charge >= 0.3 is 0 Å². The van der Waals surface area contributed by atoms with Crippen molar-refractivity contribution in [2.24, 2.45) is 0 Å². The van der Waals surface area contributed by atoms with E-state index in [1.165, 1.54) is 11.1 Å². The van der Waals surface area contributed by atoms with Crippen molar-refractivity contribution in [2.45, 2.75) is 13.8 Å². The van der Waals surface area contributed by atoms with Crippen LogP contribution in [0.1, 0.15) is 11.1 Å².